The number of nitrogens with two attached hydrogens (primary N) is 1. The van der Waals surface area contributed by atoms with Crippen molar-refractivity contribution in [2.75, 3.05) is 18.9 Å². The molecule has 38 heavy (non-hydrogen) atoms. The molecule has 0 bridgehead atoms. The van der Waals surface area contributed by atoms with Gasteiger partial charge in [0.05, 0.1) is 10.7 Å². The molecule has 9 nitrogen and oxygen atoms in total. The van der Waals surface area contributed by atoms with Crippen LogP contribution in [0.5, 0.6) is 5.75 Å². The third-order valence-electron chi connectivity index (χ3n) is 7.02. The first-order valence-corrected chi connectivity index (χ1v) is 17.0. The predicted molar refractivity (Wildman–Crippen MR) is 153 cm³/mol. The summed E-state index contributed by atoms with van der Waals surface area (Å²) in [5, 5.41) is 17.1. The van der Waals surface area contributed by atoms with Gasteiger partial charge in [0.25, 0.3) is 5.56 Å². The second-order valence-corrected chi connectivity index (χ2v) is 17.2. The van der Waals surface area contributed by atoms with Crippen molar-refractivity contribution in [3.63, 3.8) is 0 Å². The molecule has 1 atom stereocenters. The molecule has 1 fully saturated rings. The summed E-state index contributed by atoms with van der Waals surface area (Å²) in [7, 11) is -1.30. The molecule has 0 amide bonds. The van der Waals surface area contributed by atoms with Crippen LogP contribution >= 0.6 is 11.6 Å². The van der Waals surface area contributed by atoms with Crippen molar-refractivity contribution in [1.29, 1.82) is 0 Å². The van der Waals surface area contributed by atoms with Crippen molar-refractivity contribution in [2.24, 2.45) is 0 Å². The maximum absolute atomic E-state index is 13.6. The Labute approximate surface area is 227 Å². The highest BCUT2D eigenvalue weighted by molar-refractivity contribution is 6.76. The van der Waals surface area contributed by atoms with E-state index in [1.165, 1.54) is 4.57 Å². The van der Waals surface area contributed by atoms with E-state index >= 15 is 0 Å². The Balaban J connectivity index is 1.68. The number of pyridine rings is 2. The van der Waals surface area contributed by atoms with E-state index in [-0.39, 0.29) is 24.4 Å². The number of anilines is 1. The van der Waals surface area contributed by atoms with Crippen molar-refractivity contribution in [1.82, 2.24) is 19.3 Å². The molecule has 1 aromatic carbocycles. The first kappa shape index (κ1) is 26.7. The van der Waals surface area contributed by atoms with Crippen molar-refractivity contribution in [3.05, 3.63) is 45.5 Å². The van der Waals surface area contributed by atoms with E-state index in [9.17, 15) is 9.90 Å². The zero-order valence-electron chi connectivity index (χ0n) is 22.3. The van der Waals surface area contributed by atoms with Crippen LogP contribution in [0.25, 0.3) is 33.1 Å². The maximum atomic E-state index is 13.6. The number of rotatable bonds is 7. The number of halogens is 1. The second kappa shape index (κ2) is 10.3. The molecule has 1 saturated heterocycles. The summed E-state index contributed by atoms with van der Waals surface area (Å²) in [4.78, 5) is 18.2. The van der Waals surface area contributed by atoms with Crippen LogP contribution in [-0.4, -0.2) is 45.7 Å². The quantitative estimate of drug-likeness (QED) is 0.223. The minimum atomic E-state index is -1.30. The number of hydrogen-bond acceptors (Lipinski definition) is 7. The lowest BCUT2D eigenvalue weighted by Gasteiger charge is -2.22. The van der Waals surface area contributed by atoms with Gasteiger partial charge in [0, 0.05) is 43.8 Å². The molecule has 1 unspecified atom stereocenters. The van der Waals surface area contributed by atoms with Crippen molar-refractivity contribution in [3.8, 4) is 16.9 Å². The van der Waals surface area contributed by atoms with Gasteiger partial charge in [-0.3, -0.25) is 9.36 Å². The monoisotopic (exact) mass is 555 g/mol. The van der Waals surface area contributed by atoms with E-state index in [1.807, 2.05) is 12.3 Å². The van der Waals surface area contributed by atoms with Gasteiger partial charge in [-0.25, -0.2) is 9.67 Å². The molecule has 0 radical (unpaired) electrons. The summed E-state index contributed by atoms with van der Waals surface area (Å²) < 4.78 is 15.1. The fourth-order valence-corrected chi connectivity index (χ4v) is 5.76. The molecule has 202 valence electrons. The van der Waals surface area contributed by atoms with Crippen LogP contribution < -0.4 is 11.3 Å². The molecule has 0 aliphatic carbocycles. The molecular weight excluding hydrogens is 522 g/mol. The van der Waals surface area contributed by atoms with Crippen LogP contribution in [0.2, 0.25) is 30.7 Å². The van der Waals surface area contributed by atoms with E-state index in [0.717, 1.165) is 30.7 Å². The van der Waals surface area contributed by atoms with Crippen LogP contribution in [-0.2, 0) is 16.2 Å². The summed E-state index contributed by atoms with van der Waals surface area (Å²) >= 11 is 6.55. The summed E-state index contributed by atoms with van der Waals surface area (Å²) in [6, 6.07) is 6.15. The Bertz CT molecular complexity index is 1570. The number of benzene rings is 1. The van der Waals surface area contributed by atoms with Crippen LogP contribution in [0.4, 0.5) is 5.69 Å². The van der Waals surface area contributed by atoms with E-state index in [4.69, 9.17) is 31.9 Å². The Kier molecular flexibility index (Phi) is 7.25. The lowest BCUT2D eigenvalue weighted by Crippen LogP contribution is -2.27. The number of aromatic hydroxyl groups is 1. The van der Waals surface area contributed by atoms with Crippen molar-refractivity contribution in [2.45, 2.75) is 64.8 Å². The highest BCUT2D eigenvalue weighted by Crippen LogP contribution is 2.40. The van der Waals surface area contributed by atoms with Gasteiger partial charge in [0.15, 0.2) is 0 Å². The van der Waals surface area contributed by atoms with Gasteiger partial charge in [-0.1, -0.05) is 37.3 Å². The van der Waals surface area contributed by atoms with Crippen LogP contribution in [0.1, 0.15) is 31.2 Å². The summed E-state index contributed by atoms with van der Waals surface area (Å²) in [5.74, 6) is 0.0134. The maximum Gasteiger partial charge on any atom is 0.277 e. The normalized spacial score (nSPS) is 16.5. The number of aryl methyl sites for hydroxylation is 1. The molecule has 1 aliphatic heterocycles. The molecule has 3 aromatic heterocycles. The van der Waals surface area contributed by atoms with Gasteiger partial charge in [-0.15, -0.1) is 0 Å². The highest BCUT2D eigenvalue weighted by Gasteiger charge is 2.24. The van der Waals surface area contributed by atoms with E-state index in [2.05, 4.69) is 24.6 Å². The van der Waals surface area contributed by atoms with Crippen molar-refractivity contribution < 1.29 is 14.6 Å². The Hall–Kier alpha value is -2.92. The molecule has 0 spiro atoms. The third kappa shape index (κ3) is 5.05. The largest absolute Gasteiger partial charge is 0.506 e. The summed E-state index contributed by atoms with van der Waals surface area (Å²) in [5.41, 5.74) is 8.75. The van der Waals surface area contributed by atoms with E-state index in [0.29, 0.717) is 51.6 Å². The average molecular weight is 556 g/mol. The highest BCUT2D eigenvalue weighted by atomic mass is 35.5. The minimum Gasteiger partial charge on any atom is -0.506 e. The molecule has 1 aliphatic rings. The van der Waals surface area contributed by atoms with Gasteiger partial charge >= 0.3 is 0 Å². The SMILES string of the molecule is Cc1nc2c(cc1O)c(-c1ccc(Cl)c3nn(C4CCCCO4)cc13)c(N)c(=O)n2COCC[Si](C)(C)C. The standard InChI is InChI=1S/C27H34ClN5O4Si/c1-16-21(34)13-18-23(24(29)27(35)32(26(18)30-16)15-36-11-12-38(2,3)4)17-8-9-20(28)25-19(17)14-33(31-25)22-7-5-6-10-37-22/h8-9,13-14,22,34H,5-7,10-12,15,29H2,1-4H3. The second-order valence-electron chi connectivity index (χ2n) is 11.1. The van der Waals surface area contributed by atoms with Gasteiger partial charge < -0.3 is 20.3 Å². The Morgan fingerprint density at radius 1 is 1.26 bits per heavy atom. The molecule has 3 N–H and O–H groups in total. The first-order chi connectivity index (χ1) is 18.0. The van der Waals surface area contributed by atoms with E-state index in [1.54, 1.807) is 23.7 Å². The van der Waals surface area contributed by atoms with Gasteiger partial charge in [0.1, 0.15) is 35.6 Å². The predicted octanol–water partition coefficient (Wildman–Crippen LogP) is 5.67. The topological polar surface area (TPSA) is 117 Å². The molecule has 0 saturated carbocycles. The lowest BCUT2D eigenvalue weighted by molar-refractivity contribution is -0.0390. The molecular formula is C27H34ClN5O4Si. The van der Waals surface area contributed by atoms with Gasteiger partial charge in [-0.2, -0.15) is 5.10 Å². The number of nitrogens with zero attached hydrogens (tertiary/aromatic N) is 4. The van der Waals surface area contributed by atoms with Crippen LogP contribution in [0.15, 0.2) is 29.2 Å². The number of aromatic nitrogens is 4. The number of nitrogen functional groups attached to an aromatic ring is 1. The average Bonchev–Trinajstić information content (AvgIpc) is 3.33. The van der Waals surface area contributed by atoms with Gasteiger partial charge in [0.2, 0.25) is 0 Å². The zero-order chi connectivity index (χ0) is 27.2. The van der Waals surface area contributed by atoms with E-state index < -0.39 is 13.6 Å². The van der Waals surface area contributed by atoms with Crippen LogP contribution in [0.3, 0.4) is 0 Å². The fraction of sp³-hybridized carbons (Fsp3) is 0.444. The van der Waals surface area contributed by atoms with Crippen LogP contribution in [0, 0.1) is 6.92 Å². The smallest absolute Gasteiger partial charge is 0.277 e. The lowest BCUT2D eigenvalue weighted by atomic mass is 9.97. The molecule has 4 heterocycles. The fourth-order valence-electron chi connectivity index (χ4n) is 4.80. The molecule has 11 heteroatoms. The summed E-state index contributed by atoms with van der Waals surface area (Å²) in [6.45, 7) is 9.76. The number of hydrogen-bond donors (Lipinski definition) is 2. The number of fused-ring (bicyclic) bond motifs is 2. The Morgan fingerprint density at radius 2 is 2.05 bits per heavy atom. The summed E-state index contributed by atoms with van der Waals surface area (Å²) in [6.07, 6.45) is 4.66. The first-order valence-electron chi connectivity index (χ1n) is 12.9. The minimum absolute atomic E-state index is 0.0134. The number of ether oxygens (including phenoxy) is 2. The van der Waals surface area contributed by atoms with Crippen molar-refractivity contribution >= 4 is 47.3 Å². The molecule has 5 rings (SSSR count). The molecule has 4 aromatic rings. The third-order valence-corrected chi connectivity index (χ3v) is 9.03. The zero-order valence-corrected chi connectivity index (χ0v) is 24.0. The van der Waals surface area contributed by atoms with Gasteiger partial charge in [-0.05, 0) is 49.9 Å². The Morgan fingerprint density at radius 3 is 2.76 bits per heavy atom.